The van der Waals surface area contributed by atoms with Crippen LogP contribution in [0.3, 0.4) is 0 Å². The van der Waals surface area contributed by atoms with Gasteiger partial charge in [-0.1, -0.05) is 17.7 Å². The van der Waals surface area contributed by atoms with Crippen LogP contribution < -0.4 is 10.2 Å². The van der Waals surface area contributed by atoms with E-state index in [0.29, 0.717) is 16.3 Å². The van der Waals surface area contributed by atoms with Gasteiger partial charge < -0.3 is 4.74 Å². The Hall–Kier alpha value is -2.66. The summed E-state index contributed by atoms with van der Waals surface area (Å²) in [6.07, 6.45) is 1.49. The number of benzene rings is 2. The molecule has 1 amide bonds. The van der Waals surface area contributed by atoms with Crippen molar-refractivity contribution in [2.24, 2.45) is 5.10 Å². The highest BCUT2D eigenvalue weighted by molar-refractivity contribution is 6.30. The average molecular weight is 317 g/mol. The predicted octanol–water partition coefficient (Wildman–Crippen LogP) is 3.03. The summed E-state index contributed by atoms with van der Waals surface area (Å²) in [6.45, 7) is 1.37. The fourth-order valence-electron chi connectivity index (χ4n) is 1.60. The zero-order chi connectivity index (χ0) is 15.9. The van der Waals surface area contributed by atoms with Crippen LogP contribution >= 0.6 is 11.6 Å². The second-order valence-electron chi connectivity index (χ2n) is 4.40. The smallest absolute Gasteiger partial charge is 0.343 e. The van der Waals surface area contributed by atoms with Crippen LogP contribution in [0.25, 0.3) is 0 Å². The Morgan fingerprint density at radius 2 is 1.91 bits per heavy atom. The minimum absolute atomic E-state index is 0.247. The first-order chi connectivity index (χ1) is 10.5. The second kappa shape index (κ2) is 7.38. The van der Waals surface area contributed by atoms with E-state index in [2.05, 4.69) is 10.5 Å². The number of amides is 1. The van der Waals surface area contributed by atoms with E-state index < -0.39 is 5.97 Å². The van der Waals surface area contributed by atoms with Gasteiger partial charge in [-0.05, 0) is 48.0 Å². The lowest BCUT2D eigenvalue weighted by atomic mass is 10.2. The Bertz CT molecular complexity index is 712. The molecule has 0 atom stereocenters. The predicted molar refractivity (Wildman–Crippen MR) is 84.3 cm³/mol. The van der Waals surface area contributed by atoms with Crippen LogP contribution in [0.2, 0.25) is 5.02 Å². The number of nitrogens with one attached hydrogen (secondary N) is 1. The number of halogens is 1. The zero-order valence-electron chi connectivity index (χ0n) is 11.7. The van der Waals surface area contributed by atoms with Crippen molar-refractivity contribution < 1.29 is 14.3 Å². The Morgan fingerprint density at radius 1 is 1.18 bits per heavy atom. The molecular weight excluding hydrogens is 304 g/mol. The van der Waals surface area contributed by atoms with Crippen molar-refractivity contribution in [1.82, 2.24) is 5.43 Å². The zero-order valence-corrected chi connectivity index (χ0v) is 12.5. The van der Waals surface area contributed by atoms with Crippen LogP contribution in [0.4, 0.5) is 0 Å². The molecule has 0 saturated heterocycles. The van der Waals surface area contributed by atoms with Gasteiger partial charge in [-0.25, -0.2) is 10.2 Å². The molecule has 0 unspecified atom stereocenters. The molecule has 0 fully saturated rings. The van der Waals surface area contributed by atoms with Crippen molar-refractivity contribution >= 4 is 29.7 Å². The molecule has 0 spiro atoms. The fourth-order valence-corrected chi connectivity index (χ4v) is 1.79. The largest absolute Gasteiger partial charge is 0.423 e. The van der Waals surface area contributed by atoms with E-state index >= 15 is 0 Å². The first-order valence-corrected chi connectivity index (χ1v) is 6.80. The number of carbonyl (C=O) groups is 2. The average Bonchev–Trinajstić information content (AvgIpc) is 2.48. The number of hydrogen-bond donors (Lipinski definition) is 1. The Kier molecular flexibility index (Phi) is 5.27. The van der Waals surface area contributed by atoms with E-state index in [0.717, 1.165) is 5.56 Å². The van der Waals surface area contributed by atoms with Crippen LogP contribution in [0.15, 0.2) is 53.6 Å². The number of carbonyl (C=O) groups excluding carboxylic acids is 2. The van der Waals surface area contributed by atoms with Gasteiger partial charge in [0.25, 0.3) is 0 Å². The Morgan fingerprint density at radius 3 is 2.55 bits per heavy atom. The van der Waals surface area contributed by atoms with E-state index in [4.69, 9.17) is 16.3 Å². The minimum Gasteiger partial charge on any atom is -0.423 e. The van der Waals surface area contributed by atoms with E-state index in [-0.39, 0.29) is 5.91 Å². The van der Waals surface area contributed by atoms with Gasteiger partial charge in [-0.2, -0.15) is 5.10 Å². The third kappa shape index (κ3) is 4.71. The van der Waals surface area contributed by atoms with E-state index in [9.17, 15) is 9.59 Å². The Labute approximate surface area is 132 Å². The lowest BCUT2D eigenvalue weighted by Crippen LogP contribution is -2.12. The molecule has 0 heterocycles. The maximum atomic E-state index is 11.9. The van der Waals surface area contributed by atoms with Crippen LogP contribution in [0.5, 0.6) is 5.75 Å². The molecule has 0 aliphatic rings. The molecule has 0 aromatic heterocycles. The summed E-state index contributed by atoms with van der Waals surface area (Å²) in [6, 6.07) is 13.2. The standard InChI is InChI=1S/C16H13ClN2O3/c1-11(20)19-18-10-12-5-7-15(8-6-12)22-16(21)13-3-2-4-14(17)9-13/h2-10H,1H3,(H,19,20)/b18-10-. The maximum Gasteiger partial charge on any atom is 0.343 e. The van der Waals surface area contributed by atoms with Gasteiger partial charge in [-0.3, -0.25) is 4.79 Å². The normalized spacial score (nSPS) is 10.5. The lowest BCUT2D eigenvalue weighted by Gasteiger charge is -2.04. The van der Waals surface area contributed by atoms with Gasteiger partial charge in [0.1, 0.15) is 5.75 Å². The Balaban J connectivity index is 2.00. The highest BCUT2D eigenvalue weighted by Crippen LogP contribution is 2.16. The van der Waals surface area contributed by atoms with Crippen LogP contribution in [-0.4, -0.2) is 18.1 Å². The molecule has 22 heavy (non-hydrogen) atoms. The topological polar surface area (TPSA) is 67.8 Å². The fraction of sp³-hybridized carbons (Fsp3) is 0.0625. The van der Waals surface area contributed by atoms with E-state index in [1.54, 1.807) is 48.5 Å². The summed E-state index contributed by atoms with van der Waals surface area (Å²) in [4.78, 5) is 22.6. The number of hydrogen-bond acceptors (Lipinski definition) is 4. The molecule has 5 nitrogen and oxygen atoms in total. The van der Waals surface area contributed by atoms with Gasteiger partial charge >= 0.3 is 5.97 Å². The number of nitrogens with zero attached hydrogens (tertiary/aromatic N) is 1. The molecule has 2 aromatic carbocycles. The minimum atomic E-state index is -0.484. The van der Waals surface area contributed by atoms with Crippen molar-refractivity contribution in [3.05, 3.63) is 64.7 Å². The molecule has 0 aliphatic carbocycles. The molecule has 0 saturated carbocycles. The van der Waals surface area contributed by atoms with Crippen molar-refractivity contribution in [2.45, 2.75) is 6.92 Å². The number of hydrazone groups is 1. The molecule has 1 N–H and O–H groups in total. The van der Waals surface area contributed by atoms with E-state index in [1.807, 2.05) is 0 Å². The molecule has 0 aliphatic heterocycles. The molecule has 112 valence electrons. The van der Waals surface area contributed by atoms with Crippen molar-refractivity contribution in [1.29, 1.82) is 0 Å². The van der Waals surface area contributed by atoms with Gasteiger partial charge in [0, 0.05) is 11.9 Å². The monoisotopic (exact) mass is 316 g/mol. The lowest BCUT2D eigenvalue weighted by molar-refractivity contribution is -0.118. The summed E-state index contributed by atoms with van der Waals surface area (Å²) in [5, 5.41) is 4.21. The van der Waals surface area contributed by atoms with Gasteiger partial charge in [0.15, 0.2) is 0 Å². The molecule has 2 rings (SSSR count). The van der Waals surface area contributed by atoms with E-state index in [1.165, 1.54) is 13.1 Å². The molecule has 2 aromatic rings. The quantitative estimate of drug-likeness (QED) is 0.408. The molecule has 6 heteroatoms. The second-order valence-corrected chi connectivity index (χ2v) is 4.83. The van der Waals surface area contributed by atoms with Gasteiger partial charge in [0.2, 0.25) is 5.91 Å². The SMILES string of the molecule is CC(=O)N/N=C\c1ccc(OC(=O)c2cccc(Cl)c2)cc1. The molecule has 0 bridgehead atoms. The number of esters is 1. The summed E-state index contributed by atoms with van der Waals surface area (Å²) in [5.74, 6) is -0.327. The third-order valence-corrected chi connectivity index (χ3v) is 2.82. The van der Waals surface area contributed by atoms with Crippen molar-refractivity contribution in [2.75, 3.05) is 0 Å². The summed E-state index contributed by atoms with van der Waals surface area (Å²) < 4.78 is 5.24. The van der Waals surface area contributed by atoms with Crippen molar-refractivity contribution in [3.63, 3.8) is 0 Å². The van der Waals surface area contributed by atoms with Crippen molar-refractivity contribution in [3.8, 4) is 5.75 Å². The summed E-state index contributed by atoms with van der Waals surface area (Å²) >= 11 is 5.83. The highest BCUT2D eigenvalue weighted by Gasteiger charge is 2.08. The molecule has 0 radical (unpaired) electrons. The number of ether oxygens (including phenoxy) is 1. The maximum absolute atomic E-state index is 11.9. The first kappa shape index (κ1) is 15.7. The summed E-state index contributed by atoms with van der Waals surface area (Å²) in [7, 11) is 0. The first-order valence-electron chi connectivity index (χ1n) is 6.42. The van der Waals surface area contributed by atoms with Gasteiger partial charge in [0.05, 0.1) is 11.8 Å². The highest BCUT2D eigenvalue weighted by atomic mass is 35.5. The van der Waals surface area contributed by atoms with Crippen LogP contribution in [-0.2, 0) is 4.79 Å². The third-order valence-electron chi connectivity index (χ3n) is 2.59. The number of rotatable bonds is 4. The summed E-state index contributed by atoms with van der Waals surface area (Å²) in [5.41, 5.74) is 3.44. The van der Waals surface area contributed by atoms with Crippen LogP contribution in [0, 0.1) is 0 Å². The molecular formula is C16H13ClN2O3. The van der Waals surface area contributed by atoms with Crippen LogP contribution in [0.1, 0.15) is 22.8 Å². The van der Waals surface area contributed by atoms with Gasteiger partial charge in [-0.15, -0.1) is 0 Å².